The van der Waals surface area contributed by atoms with E-state index in [2.05, 4.69) is 31.9 Å². The Labute approximate surface area is 171 Å². The van der Waals surface area contributed by atoms with E-state index in [1.54, 1.807) is 36.4 Å². The maximum Gasteiger partial charge on any atom is 0.319 e. The molecule has 0 bridgehead atoms. The van der Waals surface area contributed by atoms with Crippen molar-refractivity contribution in [3.05, 3.63) is 67.9 Å². The van der Waals surface area contributed by atoms with Crippen LogP contribution in [0.3, 0.4) is 0 Å². The highest BCUT2D eigenvalue weighted by Crippen LogP contribution is 2.36. The number of halogens is 3. The number of nitriles is 1. The van der Waals surface area contributed by atoms with Crippen molar-refractivity contribution in [3.63, 3.8) is 0 Å². The molecule has 0 saturated carbocycles. The van der Waals surface area contributed by atoms with E-state index in [9.17, 15) is 14.0 Å². The molecule has 0 heterocycles. The number of nitrogens with two attached hydrogens (primary N) is 1. The number of carbonyl (C=O) groups is 2. The Balaban J connectivity index is 2.24. The fraction of sp³-hybridized carbons (Fsp3) is 0.0556. The molecule has 138 valence electrons. The zero-order valence-corrected chi connectivity index (χ0v) is 16.8. The molecule has 0 aliphatic heterocycles. The van der Waals surface area contributed by atoms with Gasteiger partial charge < -0.3 is 10.5 Å². The van der Waals surface area contributed by atoms with Crippen LogP contribution >= 0.6 is 31.9 Å². The minimum absolute atomic E-state index is 0.0174. The lowest BCUT2D eigenvalue weighted by Gasteiger charge is -2.12. The number of carbonyl (C=O) groups excluding carboxylic acids is 2. The summed E-state index contributed by atoms with van der Waals surface area (Å²) >= 11 is 6.69. The molecule has 2 aromatic rings. The SMILES string of the molecule is N#C/C(=C/c1cc(Br)c(OCc2ccccc2F)c(Br)c1)C(=O)NC(N)=O. The third-order valence-electron chi connectivity index (χ3n) is 3.26. The Kier molecular flexibility index (Phi) is 7.10. The fourth-order valence-electron chi connectivity index (χ4n) is 2.06. The molecule has 0 atom stereocenters. The molecular formula is C18H12Br2FN3O3. The third kappa shape index (κ3) is 5.64. The van der Waals surface area contributed by atoms with Crippen LogP contribution in [0.5, 0.6) is 5.75 Å². The second-order valence-electron chi connectivity index (χ2n) is 5.18. The van der Waals surface area contributed by atoms with Gasteiger partial charge in [0.15, 0.2) is 0 Å². The number of nitrogens with zero attached hydrogens (tertiary/aromatic N) is 1. The van der Waals surface area contributed by atoms with Crippen LogP contribution in [0.1, 0.15) is 11.1 Å². The van der Waals surface area contributed by atoms with E-state index >= 15 is 0 Å². The van der Waals surface area contributed by atoms with Gasteiger partial charge in [0.2, 0.25) is 0 Å². The number of amides is 3. The van der Waals surface area contributed by atoms with Crippen molar-refractivity contribution >= 4 is 49.9 Å². The van der Waals surface area contributed by atoms with E-state index in [1.165, 1.54) is 12.1 Å². The second-order valence-corrected chi connectivity index (χ2v) is 6.89. The number of benzene rings is 2. The standard InChI is InChI=1S/C18H12Br2FN3O3/c19-13-6-10(5-12(8-22)17(25)24-18(23)26)7-14(20)16(13)27-9-11-3-1-2-4-15(11)21/h1-7H,9H2,(H3,23,24,25,26)/b12-5-. The van der Waals surface area contributed by atoms with Gasteiger partial charge in [0.05, 0.1) is 8.95 Å². The third-order valence-corrected chi connectivity index (χ3v) is 4.44. The van der Waals surface area contributed by atoms with Crippen LogP contribution in [-0.2, 0) is 11.4 Å². The van der Waals surface area contributed by atoms with Gasteiger partial charge in [-0.15, -0.1) is 0 Å². The van der Waals surface area contributed by atoms with Crippen molar-refractivity contribution in [3.8, 4) is 11.8 Å². The first-order valence-electron chi connectivity index (χ1n) is 7.39. The van der Waals surface area contributed by atoms with Crippen molar-refractivity contribution < 1.29 is 18.7 Å². The Hall–Kier alpha value is -2.70. The van der Waals surface area contributed by atoms with E-state index in [-0.39, 0.29) is 18.0 Å². The summed E-state index contributed by atoms with van der Waals surface area (Å²) in [7, 11) is 0. The fourth-order valence-corrected chi connectivity index (χ4v) is 3.51. The van der Waals surface area contributed by atoms with Crippen molar-refractivity contribution in [2.45, 2.75) is 6.61 Å². The van der Waals surface area contributed by atoms with Crippen molar-refractivity contribution in [2.24, 2.45) is 5.73 Å². The summed E-state index contributed by atoms with van der Waals surface area (Å²) in [6.45, 7) is 0.0174. The molecule has 0 radical (unpaired) electrons. The second kappa shape index (κ2) is 9.30. The van der Waals surface area contributed by atoms with Crippen LogP contribution < -0.4 is 15.8 Å². The first kappa shape index (κ1) is 20.6. The summed E-state index contributed by atoms with van der Waals surface area (Å²) in [5, 5.41) is 10.9. The average molecular weight is 497 g/mol. The van der Waals surface area contributed by atoms with Crippen molar-refractivity contribution in [1.82, 2.24) is 5.32 Å². The zero-order chi connectivity index (χ0) is 20.0. The first-order valence-corrected chi connectivity index (χ1v) is 8.98. The van der Waals surface area contributed by atoms with E-state index in [1.807, 2.05) is 5.32 Å². The highest BCUT2D eigenvalue weighted by atomic mass is 79.9. The largest absolute Gasteiger partial charge is 0.486 e. The molecule has 6 nitrogen and oxygen atoms in total. The molecule has 0 aromatic heterocycles. The molecule has 3 N–H and O–H groups in total. The van der Waals surface area contributed by atoms with Gasteiger partial charge in [-0.25, -0.2) is 9.18 Å². The van der Waals surface area contributed by atoms with Crippen molar-refractivity contribution in [2.75, 3.05) is 0 Å². The number of ether oxygens (including phenoxy) is 1. The topological polar surface area (TPSA) is 105 Å². The molecule has 0 saturated heterocycles. The van der Waals surface area contributed by atoms with Gasteiger partial charge in [0, 0.05) is 5.56 Å². The smallest absolute Gasteiger partial charge is 0.319 e. The molecule has 0 unspecified atom stereocenters. The number of urea groups is 1. The van der Waals surface area contributed by atoms with Gasteiger partial charge >= 0.3 is 6.03 Å². The minimum Gasteiger partial charge on any atom is -0.486 e. The quantitative estimate of drug-likeness (QED) is 0.481. The van der Waals surface area contributed by atoms with Crippen LogP contribution in [0.25, 0.3) is 6.08 Å². The Morgan fingerprint density at radius 1 is 1.26 bits per heavy atom. The predicted octanol–water partition coefficient (Wildman–Crippen LogP) is 4.03. The van der Waals surface area contributed by atoms with Crippen LogP contribution in [0.2, 0.25) is 0 Å². The highest BCUT2D eigenvalue weighted by molar-refractivity contribution is 9.11. The summed E-state index contributed by atoms with van der Waals surface area (Å²) in [5.41, 5.74) is 5.46. The van der Waals surface area contributed by atoms with Crippen molar-refractivity contribution in [1.29, 1.82) is 5.26 Å². The van der Waals surface area contributed by atoms with Gasteiger partial charge in [-0.2, -0.15) is 5.26 Å². The lowest BCUT2D eigenvalue weighted by atomic mass is 10.1. The maximum absolute atomic E-state index is 13.7. The molecule has 9 heteroatoms. The molecule has 0 spiro atoms. The van der Waals surface area contributed by atoms with Gasteiger partial charge in [-0.1, -0.05) is 18.2 Å². The number of primary amides is 1. The van der Waals surface area contributed by atoms with Gasteiger partial charge in [0.1, 0.15) is 29.8 Å². The summed E-state index contributed by atoms with van der Waals surface area (Å²) in [5.74, 6) is -0.851. The Morgan fingerprint density at radius 3 is 2.44 bits per heavy atom. The minimum atomic E-state index is -1.06. The van der Waals surface area contributed by atoms with Crippen LogP contribution in [0.4, 0.5) is 9.18 Å². The van der Waals surface area contributed by atoms with Crippen LogP contribution in [0, 0.1) is 17.1 Å². The Morgan fingerprint density at radius 2 is 1.89 bits per heavy atom. The van der Waals surface area contributed by atoms with Gasteiger partial charge in [-0.05, 0) is 61.7 Å². The summed E-state index contributed by atoms with van der Waals surface area (Å²) < 4.78 is 20.4. The lowest BCUT2D eigenvalue weighted by Crippen LogP contribution is -2.35. The number of hydrogen-bond donors (Lipinski definition) is 2. The molecular weight excluding hydrogens is 485 g/mol. The summed E-state index contributed by atoms with van der Waals surface area (Å²) in [4.78, 5) is 22.5. The molecule has 3 amide bonds. The van der Waals surface area contributed by atoms with E-state index in [4.69, 9.17) is 15.7 Å². The lowest BCUT2D eigenvalue weighted by molar-refractivity contribution is -0.115. The molecule has 0 aliphatic carbocycles. The number of imide groups is 1. The van der Waals surface area contributed by atoms with E-state index in [0.29, 0.717) is 25.8 Å². The molecule has 27 heavy (non-hydrogen) atoms. The number of hydrogen-bond acceptors (Lipinski definition) is 4. The number of rotatable bonds is 5. The molecule has 0 fully saturated rings. The summed E-state index contributed by atoms with van der Waals surface area (Å²) in [6, 6.07) is 10.1. The molecule has 2 rings (SSSR count). The number of nitrogens with one attached hydrogen (secondary N) is 1. The van der Waals surface area contributed by atoms with Crippen LogP contribution in [0.15, 0.2) is 50.9 Å². The normalized spacial score (nSPS) is 10.8. The highest BCUT2D eigenvalue weighted by Gasteiger charge is 2.14. The van der Waals surface area contributed by atoms with E-state index < -0.39 is 11.9 Å². The maximum atomic E-state index is 13.7. The average Bonchev–Trinajstić information content (AvgIpc) is 2.59. The monoisotopic (exact) mass is 495 g/mol. The predicted molar refractivity (Wildman–Crippen MR) is 104 cm³/mol. The molecule has 0 aliphatic rings. The van der Waals surface area contributed by atoms with E-state index in [0.717, 1.165) is 0 Å². The zero-order valence-electron chi connectivity index (χ0n) is 13.6. The molecule has 2 aromatic carbocycles. The van der Waals surface area contributed by atoms with Crippen LogP contribution in [-0.4, -0.2) is 11.9 Å². The first-order chi connectivity index (χ1) is 12.8. The Bertz CT molecular complexity index is 948. The van der Waals surface area contributed by atoms with Gasteiger partial charge in [-0.3, -0.25) is 10.1 Å². The summed E-state index contributed by atoms with van der Waals surface area (Å²) in [6.07, 6.45) is 1.29. The van der Waals surface area contributed by atoms with Gasteiger partial charge in [0.25, 0.3) is 5.91 Å².